The maximum atomic E-state index is 2.66. The van der Waals surface area contributed by atoms with E-state index in [0.717, 1.165) is 12.0 Å². The van der Waals surface area contributed by atoms with Crippen LogP contribution in [0.2, 0.25) is 0 Å². The van der Waals surface area contributed by atoms with E-state index in [-0.39, 0.29) is 0 Å². The van der Waals surface area contributed by atoms with Crippen LogP contribution in [0.1, 0.15) is 33.6 Å². The van der Waals surface area contributed by atoms with Gasteiger partial charge in [-0.3, -0.25) is 4.90 Å². The second kappa shape index (κ2) is 1.76. The smallest absolute Gasteiger partial charge is 0.0128 e. The highest BCUT2D eigenvalue weighted by Crippen LogP contribution is 2.43. The summed E-state index contributed by atoms with van der Waals surface area (Å²) >= 11 is 0. The lowest BCUT2D eigenvalue weighted by atomic mass is 9.86. The summed E-state index contributed by atoms with van der Waals surface area (Å²) in [4.78, 5) is 2.66. The van der Waals surface area contributed by atoms with Crippen LogP contribution in [-0.2, 0) is 0 Å². The summed E-state index contributed by atoms with van der Waals surface area (Å²) in [6, 6.07) is 0.949. The van der Waals surface area contributed by atoms with Gasteiger partial charge in [0, 0.05) is 18.1 Å². The van der Waals surface area contributed by atoms with Gasteiger partial charge in [-0.2, -0.15) is 0 Å². The fraction of sp³-hybridized carbons (Fsp3) is 1.00. The number of nitrogens with zero attached hydrogens (tertiary/aromatic N) is 1. The third kappa shape index (κ3) is 0.800. The first-order chi connectivity index (χ1) is 4.57. The zero-order valence-electron chi connectivity index (χ0n) is 7.22. The molecule has 0 spiro atoms. The van der Waals surface area contributed by atoms with Crippen molar-refractivity contribution in [3.8, 4) is 0 Å². The molecular weight excluding hydrogens is 122 g/mol. The van der Waals surface area contributed by atoms with Gasteiger partial charge in [0.1, 0.15) is 0 Å². The minimum Gasteiger partial charge on any atom is -0.295 e. The maximum Gasteiger partial charge on any atom is 0.0128 e. The van der Waals surface area contributed by atoms with E-state index in [4.69, 9.17) is 0 Å². The monoisotopic (exact) mass is 139 g/mol. The molecule has 0 atom stereocenters. The number of hydrogen-bond acceptors (Lipinski definition) is 1. The van der Waals surface area contributed by atoms with Crippen molar-refractivity contribution in [2.75, 3.05) is 6.54 Å². The first kappa shape index (κ1) is 6.66. The molecule has 0 aromatic carbocycles. The van der Waals surface area contributed by atoms with E-state index in [2.05, 4.69) is 25.7 Å². The first-order valence-electron chi connectivity index (χ1n) is 4.34. The van der Waals surface area contributed by atoms with Gasteiger partial charge in [0.05, 0.1) is 0 Å². The van der Waals surface area contributed by atoms with Crippen LogP contribution in [0.5, 0.6) is 0 Å². The van der Waals surface area contributed by atoms with Gasteiger partial charge >= 0.3 is 0 Å². The number of rotatable bonds is 0. The molecule has 0 aromatic heterocycles. The molecule has 10 heavy (non-hydrogen) atoms. The second-order valence-electron chi connectivity index (χ2n) is 4.81. The molecule has 0 amide bonds. The number of fused-ring (bicyclic) bond motifs is 1. The molecular formula is C9H17N. The van der Waals surface area contributed by atoms with Gasteiger partial charge in [-0.25, -0.2) is 0 Å². The third-order valence-electron chi connectivity index (χ3n) is 2.97. The van der Waals surface area contributed by atoms with E-state index < -0.39 is 0 Å². The van der Waals surface area contributed by atoms with E-state index in [1.807, 2.05) is 0 Å². The van der Waals surface area contributed by atoms with Crippen molar-refractivity contribution in [1.29, 1.82) is 0 Å². The van der Waals surface area contributed by atoms with E-state index in [1.54, 1.807) is 0 Å². The molecule has 2 saturated heterocycles. The van der Waals surface area contributed by atoms with Crippen molar-refractivity contribution >= 4 is 0 Å². The largest absolute Gasteiger partial charge is 0.295 e. The molecule has 0 unspecified atom stereocenters. The lowest BCUT2D eigenvalue weighted by molar-refractivity contribution is 0.130. The topological polar surface area (TPSA) is 3.24 Å². The summed E-state index contributed by atoms with van der Waals surface area (Å²) < 4.78 is 0. The number of hydrogen-bond donors (Lipinski definition) is 0. The van der Waals surface area contributed by atoms with Crippen LogP contribution in [0.25, 0.3) is 0 Å². The van der Waals surface area contributed by atoms with Crippen molar-refractivity contribution in [2.24, 2.45) is 5.92 Å². The van der Waals surface area contributed by atoms with E-state index >= 15 is 0 Å². The van der Waals surface area contributed by atoms with E-state index in [0.29, 0.717) is 5.54 Å². The molecule has 0 aromatic rings. The average molecular weight is 139 g/mol. The van der Waals surface area contributed by atoms with Gasteiger partial charge in [0.25, 0.3) is 0 Å². The maximum absolute atomic E-state index is 2.66. The summed E-state index contributed by atoms with van der Waals surface area (Å²) in [5, 5.41) is 0. The predicted octanol–water partition coefficient (Wildman–Crippen LogP) is 1.88. The first-order valence-corrected chi connectivity index (χ1v) is 4.34. The molecule has 3 fully saturated rings. The molecule has 0 radical (unpaired) electrons. The molecule has 0 N–H and O–H groups in total. The van der Waals surface area contributed by atoms with Crippen LogP contribution >= 0.6 is 0 Å². The van der Waals surface area contributed by atoms with E-state index in [1.165, 1.54) is 19.4 Å². The Morgan fingerprint density at radius 2 is 1.80 bits per heavy atom. The lowest BCUT2D eigenvalue weighted by Crippen LogP contribution is -2.42. The van der Waals surface area contributed by atoms with Gasteiger partial charge < -0.3 is 0 Å². The highest BCUT2D eigenvalue weighted by atomic mass is 15.3. The molecule has 2 heterocycles. The Morgan fingerprint density at radius 1 is 1.20 bits per heavy atom. The van der Waals surface area contributed by atoms with Crippen LogP contribution in [0.15, 0.2) is 0 Å². The molecule has 3 rings (SSSR count). The molecule has 1 heteroatoms. The summed E-state index contributed by atoms with van der Waals surface area (Å²) in [6.45, 7) is 8.35. The van der Waals surface area contributed by atoms with Crippen LogP contribution in [0, 0.1) is 5.92 Å². The quantitative estimate of drug-likeness (QED) is 0.495. The van der Waals surface area contributed by atoms with Crippen LogP contribution in [-0.4, -0.2) is 23.0 Å². The minimum absolute atomic E-state index is 0.427. The van der Waals surface area contributed by atoms with Crippen LogP contribution in [0.3, 0.4) is 0 Å². The standard InChI is InChI=1S/C9H17N/c1-9(2,3)10-6-7-4-8(10)5-7/h7-8H,4-6H2,1-3H3. The van der Waals surface area contributed by atoms with Gasteiger partial charge in [-0.05, 0) is 39.5 Å². The van der Waals surface area contributed by atoms with Crippen molar-refractivity contribution in [3.63, 3.8) is 0 Å². The normalized spacial score (nSPS) is 39.9. The van der Waals surface area contributed by atoms with Crippen molar-refractivity contribution in [3.05, 3.63) is 0 Å². The second-order valence-corrected chi connectivity index (χ2v) is 4.81. The highest BCUT2D eigenvalue weighted by Gasteiger charge is 2.46. The summed E-state index contributed by atoms with van der Waals surface area (Å²) in [6.07, 6.45) is 2.97. The van der Waals surface area contributed by atoms with Crippen molar-refractivity contribution < 1.29 is 0 Å². The Labute approximate surface area is 63.4 Å². The Hall–Kier alpha value is -0.0400. The zero-order chi connectivity index (χ0) is 7.35. The summed E-state index contributed by atoms with van der Waals surface area (Å²) in [5.74, 6) is 1.06. The lowest BCUT2D eigenvalue weighted by Gasteiger charge is -2.36. The molecule has 1 saturated carbocycles. The molecule has 2 bridgehead atoms. The molecule has 2 aliphatic heterocycles. The SMILES string of the molecule is CC(C)(C)N1CC2CC1C2. The highest BCUT2D eigenvalue weighted by molar-refractivity contribution is 5.01. The van der Waals surface area contributed by atoms with E-state index in [9.17, 15) is 0 Å². The Balaban J connectivity index is 2.07. The van der Waals surface area contributed by atoms with Gasteiger partial charge in [0.2, 0.25) is 0 Å². The fourth-order valence-electron chi connectivity index (χ4n) is 2.35. The Bertz CT molecular complexity index is 139. The molecule has 58 valence electrons. The van der Waals surface area contributed by atoms with Crippen molar-refractivity contribution in [1.82, 2.24) is 4.90 Å². The predicted molar refractivity (Wildman–Crippen MR) is 43.0 cm³/mol. The minimum atomic E-state index is 0.427. The van der Waals surface area contributed by atoms with Gasteiger partial charge in [-0.15, -0.1) is 0 Å². The third-order valence-corrected chi connectivity index (χ3v) is 2.97. The average Bonchev–Trinajstić information content (AvgIpc) is 2.07. The summed E-state index contributed by atoms with van der Waals surface area (Å²) in [5.41, 5.74) is 0.427. The molecule has 3 aliphatic rings. The van der Waals surface area contributed by atoms with Crippen molar-refractivity contribution in [2.45, 2.75) is 45.2 Å². The van der Waals surface area contributed by atoms with Crippen LogP contribution < -0.4 is 0 Å². The zero-order valence-corrected chi connectivity index (χ0v) is 7.22. The Morgan fingerprint density at radius 3 is 2.00 bits per heavy atom. The fourth-order valence-corrected chi connectivity index (χ4v) is 2.35. The van der Waals surface area contributed by atoms with Gasteiger partial charge in [0.15, 0.2) is 0 Å². The molecule has 1 aliphatic carbocycles. The Kier molecular flexibility index (Phi) is 1.17. The van der Waals surface area contributed by atoms with Gasteiger partial charge in [-0.1, -0.05) is 0 Å². The summed E-state index contributed by atoms with van der Waals surface area (Å²) in [7, 11) is 0. The molecule has 1 nitrogen and oxygen atoms in total. The van der Waals surface area contributed by atoms with Crippen LogP contribution in [0.4, 0.5) is 0 Å².